The lowest BCUT2D eigenvalue weighted by Crippen LogP contribution is -2.50. The molecule has 2 N–H and O–H groups in total. The SMILES string of the molecule is Cc1cc(OCc2ccc(F)cc2F)c(Br)c(=O)n1Cc1ccc(CNC(=O)N2CCNCC2)cc1. The zero-order valence-electron chi connectivity index (χ0n) is 19.8. The number of rotatable bonds is 7. The Labute approximate surface area is 216 Å². The monoisotopic (exact) mass is 560 g/mol. The van der Waals surface area contributed by atoms with Gasteiger partial charge < -0.3 is 24.8 Å². The highest BCUT2D eigenvalue weighted by atomic mass is 79.9. The highest BCUT2D eigenvalue weighted by Gasteiger charge is 2.16. The number of urea groups is 1. The van der Waals surface area contributed by atoms with Crippen LogP contribution in [0.1, 0.15) is 22.4 Å². The van der Waals surface area contributed by atoms with Crippen LogP contribution in [0.2, 0.25) is 0 Å². The van der Waals surface area contributed by atoms with Gasteiger partial charge in [0, 0.05) is 56.1 Å². The molecule has 0 saturated carbocycles. The summed E-state index contributed by atoms with van der Waals surface area (Å²) in [6.07, 6.45) is 0. The van der Waals surface area contributed by atoms with Crippen molar-refractivity contribution >= 4 is 22.0 Å². The first kappa shape index (κ1) is 25.8. The van der Waals surface area contributed by atoms with E-state index in [0.29, 0.717) is 31.9 Å². The van der Waals surface area contributed by atoms with Crippen molar-refractivity contribution in [3.63, 3.8) is 0 Å². The second-order valence-corrected chi connectivity index (χ2v) is 9.38. The van der Waals surface area contributed by atoms with Crippen molar-refractivity contribution in [3.05, 3.63) is 97.4 Å². The zero-order valence-corrected chi connectivity index (χ0v) is 21.4. The van der Waals surface area contributed by atoms with Crippen molar-refractivity contribution in [1.29, 1.82) is 0 Å². The number of nitrogens with zero attached hydrogens (tertiary/aromatic N) is 2. The van der Waals surface area contributed by atoms with Crippen LogP contribution in [-0.4, -0.2) is 41.7 Å². The van der Waals surface area contributed by atoms with Gasteiger partial charge in [0.1, 0.15) is 28.5 Å². The first-order valence-electron chi connectivity index (χ1n) is 11.6. The predicted octanol–water partition coefficient (Wildman–Crippen LogP) is 3.94. The lowest BCUT2D eigenvalue weighted by Gasteiger charge is -2.27. The summed E-state index contributed by atoms with van der Waals surface area (Å²) in [6, 6.07) is 12.6. The molecule has 1 aromatic heterocycles. The van der Waals surface area contributed by atoms with Crippen LogP contribution in [0.15, 0.2) is 57.8 Å². The molecule has 1 aliphatic rings. The minimum Gasteiger partial charge on any atom is -0.487 e. The van der Waals surface area contributed by atoms with Crippen molar-refractivity contribution in [3.8, 4) is 5.75 Å². The molecule has 0 spiro atoms. The van der Waals surface area contributed by atoms with Crippen LogP contribution in [0.4, 0.5) is 13.6 Å². The predicted molar refractivity (Wildman–Crippen MR) is 136 cm³/mol. The Hall–Kier alpha value is -3.24. The molecule has 2 amide bonds. The van der Waals surface area contributed by atoms with Gasteiger partial charge in [-0.05, 0) is 46.1 Å². The molecule has 190 valence electrons. The molecule has 10 heteroatoms. The molecule has 0 bridgehead atoms. The summed E-state index contributed by atoms with van der Waals surface area (Å²) in [5.41, 5.74) is 2.46. The van der Waals surface area contributed by atoms with Gasteiger partial charge in [0.15, 0.2) is 0 Å². The van der Waals surface area contributed by atoms with E-state index in [9.17, 15) is 18.4 Å². The number of carbonyl (C=O) groups excluding carboxylic acids is 1. The fourth-order valence-electron chi connectivity index (χ4n) is 3.91. The number of carbonyl (C=O) groups is 1. The molecule has 36 heavy (non-hydrogen) atoms. The number of hydrogen-bond donors (Lipinski definition) is 2. The highest BCUT2D eigenvalue weighted by molar-refractivity contribution is 9.10. The Bertz CT molecular complexity index is 1290. The van der Waals surface area contributed by atoms with Gasteiger partial charge in [0.25, 0.3) is 5.56 Å². The van der Waals surface area contributed by atoms with Crippen molar-refractivity contribution in [1.82, 2.24) is 20.1 Å². The van der Waals surface area contributed by atoms with E-state index >= 15 is 0 Å². The van der Waals surface area contributed by atoms with Crippen LogP contribution >= 0.6 is 15.9 Å². The third-order valence-electron chi connectivity index (χ3n) is 6.02. The van der Waals surface area contributed by atoms with E-state index < -0.39 is 11.6 Å². The summed E-state index contributed by atoms with van der Waals surface area (Å²) in [5, 5.41) is 6.16. The van der Waals surface area contributed by atoms with E-state index in [1.165, 1.54) is 6.07 Å². The molecule has 3 aromatic rings. The van der Waals surface area contributed by atoms with E-state index in [1.807, 2.05) is 24.3 Å². The molecular weight excluding hydrogens is 534 g/mol. The Kier molecular flexibility index (Phi) is 8.37. The lowest BCUT2D eigenvalue weighted by molar-refractivity contribution is 0.190. The molecule has 0 atom stereocenters. The fourth-order valence-corrected chi connectivity index (χ4v) is 4.36. The summed E-state index contributed by atoms with van der Waals surface area (Å²) in [7, 11) is 0. The van der Waals surface area contributed by atoms with Gasteiger partial charge in [0.05, 0.1) is 6.54 Å². The van der Waals surface area contributed by atoms with E-state index in [-0.39, 0.29) is 34.0 Å². The van der Waals surface area contributed by atoms with Gasteiger partial charge in [-0.1, -0.05) is 24.3 Å². The van der Waals surface area contributed by atoms with Gasteiger partial charge in [-0.25, -0.2) is 13.6 Å². The molecule has 1 saturated heterocycles. The second-order valence-electron chi connectivity index (χ2n) is 8.59. The van der Waals surface area contributed by atoms with Crippen molar-refractivity contribution in [2.24, 2.45) is 0 Å². The summed E-state index contributed by atoms with van der Waals surface area (Å²) < 4.78 is 34.5. The number of nitrogens with one attached hydrogen (secondary N) is 2. The molecule has 2 aromatic carbocycles. The highest BCUT2D eigenvalue weighted by Crippen LogP contribution is 2.24. The van der Waals surface area contributed by atoms with Crippen LogP contribution in [0.3, 0.4) is 0 Å². The number of aromatic nitrogens is 1. The first-order chi connectivity index (χ1) is 17.3. The van der Waals surface area contributed by atoms with E-state index in [4.69, 9.17) is 4.74 Å². The van der Waals surface area contributed by atoms with Crippen molar-refractivity contribution in [2.75, 3.05) is 26.2 Å². The smallest absolute Gasteiger partial charge is 0.317 e. The summed E-state index contributed by atoms with van der Waals surface area (Å²) >= 11 is 3.30. The molecule has 0 aliphatic carbocycles. The number of hydrogen-bond acceptors (Lipinski definition) is 4. The first-order valence-corrected chi connectivity index (χ1v) is 12.4. The van der Waals surface area contributed by atoms with E-state index in [1.54, 1.807) is 22.5 Å². The number of piperazine rings is 1. The fraction of sp³-hybridized carbons (Fsp3) is 0.308. The second kappa shape index (κ2) is 11.7. The number of aryl methyl sites for hydroxylation is 1. The summed E-state index contributed by atoms with van der Waals surface area (Å²) in [6.45, 7) is 5.42. The zero-order chi connectivity index (χ0) is 25.7. The minimum absolute atomic E-state index is 0.0721. The average Bonchev–Trinajstić information content (AvgIpc) is 2.88. The Morgan fingerprint density at radius 2 is 1.78 bits per heavy atom. The molecule has 4 rings (SSSR count). The lowest BCUT2D eigenvalue weighted by atomic mass is 10.1. The van der Waals surface area contributed by atoms with E-state index in [0.717, 1.165) is 36.3 Å². The Morgan fingerprint density at radius 3 is 2.47 bits per heavy atom. The maximum atomic E-state index is 13.9. The molecule has 2 heterocycles. The molecule has 0 unspecified atom stereocenters. The molecule has 1 fully saturated rings. The maximum absolute atomic E-state index is 13.9. The standard InChI is InChI=1S/C26H27BrF2N4O3/c1-17-12-23(36-16-20-6-7-21(28)13-22(20)29)24(27)25(34)33(17)15-19-4-2-18(3-5-19)14-31-26(35)32-10-8-30-9-11-32/h2-7,12-13,30H,8-11,14-16H2,1H3,(H,31,35). The van der Waals surface area contributed by atoms with Gasteiger partial charge in [0.2, 0.25) is 0 Å². The molecular formula is C26H27BrF2N4O3. The van der Waals surface area contributed by atoms with Crippen LogP contribution in [0, 0.1) is 18.6 Å². The van der Waals surface area contributed by atoms with Crippen LogP contribution < -0.4 is 20.9 Å². The van der Waals surface area contributed by atoms with Crippen LogP contribution in [-0.2, 0) is 19.7 Å². The molecule has 1 aliphatic heterocycles. The number of pyridine rings is 1. The third kappa shape index (κ3) is 6.30. The number of amides is 2. The third-order valence-corrected chi connectivity index (χ3v) is 6.75. The van der Waals surface area contributed by atoms with Crippen molar-refractivity contribution in [2.45, 2.75) is 26.6 Å². The molecule has 0 radical (unpaired) electrons. The van der Waals surface area contributed by atoms with Gasteiger partial charge >= 0.3 is 6.03 Å². The Morgan fingerprint density at radius 1 is 1.08 bits per heavy atom. The number of halogens is 3. The van der Waals surface area contributed by atoms with Gasteiger partial charge in [-0.3, -0.25) is 4.79 Å². The van der Waals surface area contributed by atoms with Crippen LogP contribution in [0.5, 0.6) is 5.75 Å². The molecule has 7 nitrogen and oxygen atoms in total. The summed E-state index contributed by atoms with van der Waals surface area (Å²) in [5.74, 6) is -1.08. The normalized spacial score (nSPS) is 13.5. The largest absolute Gasteiger partial charge is 0.487 e. The quantitative estimate of drug-likeness (QED) is 0.459. The van der Waals surface area contributed by atoms with Gasteiger partial charge in [-0.15, -0.1) is 0 Å². The Balaban J connectivity index is 1.38. The average molecular weight is 561 g/mol. The number of benzene rings is 2. The topological polar surface area (TPSA) is 75.6 Å². The number of ether oxygens (including phenoxy) is 1. The minimum atomic E-state index is -0.706. The summed E-state index contributed by atoms with van der Waals surface area (Å²) in [4.78, 5) is 27.1. The maximum Gasteiger partial charge on any atom is 0.317 e. The van der Waals surface area contributed by atoms with Crippen LogP contribution in [0.25, 0.3) is 0 Å². The van der Waals surface area contributed by atoms with Gasteiger partial charge in [-0.2, -0.15) is 0 Å². The van der Waals surface area contributed by atoms with Crippen molar-refractivity contribution < 1.29 is 18.3 Å². The van der Waals surface area contributed by atoms with E-state index in [2.05, 4.69) is 26.6 Å².